The number of fused-ring (bicyclic) bond motifs is 11. The summed E-state index contributed by atoms with van der Waals surface area (Å²) < 4.78 is 8.93. The molecule has 0 saturated heterocycles. The molecule has 218 valence electrons. The molecule has 0 spiro atoms. The van der Waals surface area contributed by atoms with Gasteiger partial charge in [0.15, 0.2) is 0 Å². The van der Waals surface area contributed by atoms with Gasteiger partial charge in [-0.05, 0) is 76.0 Å². The van der Waals surface area contributed by atoms with Crippen molar-refractivity contribution in [3.05, 3.63) is 151 Å². The zero-order valence-corrected chi connectivity index (χ0v) is 26.4. The minimum Gasteiger partial charge on any atom is -0.456 e. The molecule has 2 aromatic heterocycles. The summed E-state index contributed by atoms with van der Waals surface area (Å²) in [6.07, 6.45) is 0. The van der Waals surface area contributed by atoms with E-state index in [2.05, 4.69) is 152 Å². The molecule has 2 heterocycles. The predicted octanol–water partition coefficient (Wildman–Crippen LogP) is 12.9. The van der Waals surface area contributed by atoms with Crippen LogP contribution in [0, 0.1) is 0 Å². The van der Waals surface area contributed by atoms with Crippen LogP contribution in [-0.4, -0.2) is 0 Å². The summed E-state index contributed by atoms with van der Waals surface area (Å²) in [5, 5.41) is 7.33. The van der Waals surface area contributed by atoms with Crippen LogP contribution in [0.5, 0.6) is 0 Å². The van der Waals surface area contributed by atoms with Crippen molar-refractivity contribution >= 4 is 81.3 Å². The van der Waals surface area contributed by atoms with Crippen LogP contribution in [0.3, 0.4) is 0 Å². The zero-order valence-electron chi connectivity index (χ0n) is 25.5. The van der Waals surface area contributed by atoms with E-state index < -0.39 is 0 Å². The van der Waals surface area contributed by atoms with Gasteiger partial charge in [-0.25, -0.2) is 0 Å². The summed E-state index contributed by atoms with van der Waals surface area (Å²) in [4.78, 5) is 2.47. The normalized spacial score (nSPS) is 13.6. The molecule has 0 bridgehead atoms. The SMILES string of the molecule is CC1(C)c2ccccc2-c2c(N(c3ccc4c(c3)sc3ccccc34)c3ccc4ccc5oc6ccccc6c5c4c3)cccc21. The van der Waals surface area contributed by atoms with E-state index in [0.717, 1.165) is 27.9 Å². The Morgan fingerprint density at radius 1 is 0.543 bits per heavy atom. The highest BCUT2D eigenvalue weighted by molar-refractivity contribution is 7.25. The van der Waals surface area contributed by atoms with E-state index in [9.17, 15) is 0 Å². The van der Waals surface area contributed by atoms with Crippen molar-refractivity contribution in [2.24, 2.45) is 0 Å². The molecule has 0 saturated carbocycles. The van der Waals surface area contributed by atoms with Crippen molar-refractivity contribution in [3.63, 3.8) is 0 Å². The molecule has 10 rings (SSSR count). The van der Waals surface area contributed by atoms with E-state index in [0.29, 0.717) is 0 Å². The van der Waals surface area contributed by atoms with Gasteiger partial charge in [-0.3, -0.25) is 0 Å². The predicted molar refractivity (Wildman–Crippen MR) is 196 cm³/mol. The molecule has 0 unspecified atom stereocenters. The van der Waals surface area contributed by atoms with Gasteiger partial charge < -0.3 is 9.32 Å². The van der Waals surface area contributed by atoms with Crippen molar-refractivity contribution in [1.29, 1.82) is 0 Å². The van der Waals surface area contributed by atoms with Crippen molar-refractivity contribution in [2.45, 2.75) is 19.3 Å². The van der Waals surface area contributed by atoms with Gasteiger partial charge in [0.1, 0.15) is 11.2 Å². The molecular weight excluding hydrogens is 579 g/mol. The lowest BCUT2D eigenvalue weighted by molar-refractivity contribution is 0.660. The summed E-state index contributed by atoms with van der Waals surface area (Å²) in [5.74, 6) is 0. The molecule has 7 aromatic carbocycles. The molecule has 0 radical (unpaired) electrons. The Kier molecular flexibility index (Phi) is 5.25. The second kappa shape index (κ2) is 9.32. The number of rotatable bonds is 3. The van der Waals surface area contributed by atoms with Crippen LogP contribution in [0.1, 0.15) is 25.0 Å². The van der Waals surface area contributed by atoms with Crippen LogP contribution in [0.15, 0.2) is 144 Å². The maximum absolute atomic E-state index is 6.32. The van der Waals surface area contributed by atoms with Gasteiger partial charge in [0, 0.05) is 53.3 Å². The first-order valence-corrected chi connectivity index (χ1v) is 16.7. The Balaban J connectivity index is 1.29. The molecule has 0 aliphatic heterocycles. The first-order chi connectivity index (χ1) is 22.6. The monoisotopic (exact) mass is 607 g/mol. The van der Waals surface area contributed by atoms with Gasteiger partial charge in [0.05, 0.1) is 5.69 Å². The summed E-state index contributed by atoms with van der Waals surface area (Å²) >= 11 is 1.87. The van der Waals surface area contributed by atoms with Crippen LogP contribution < -0.4 is 4.90 Å². The minimum absolute atomic E-state index is 0.0890. The summed E-state index contributed by atoms with van der Waals surface area (Å²) in [5.41, 5.74) is 10.6. The van der Waals surface area contributed by atoms with E-state index in [1.54, 1.807) is 0 Å². The first kappa shape index (κ1) is 25.9. The molecule has 0 amide bonds. The van der Waals surface area contributed by atoms with Gasteiger partial charge in [-0.2, -0.15) is 0 Å². The first-order valence-electron chi connectivity index (χ1n) is 15.9. The van der Waals surface area contributed by atoms with Crippen LogP contribution in [-0.2, 0) is 5.41 Å². The molecule has 1 aliphatic rings. The number of hydrogen-bond donors (Lipinski definition) is 0. The molecule has 3 heteroatoms. The van der Waals surface area contributed by atoms with E-state index in [1.165, 1.54) is 64.3 Å². The zero-order chi connectivity index (χ0) is 30.6. The van der Waals surface area contributed by atoms with E-state index in [4.69, 9.17) is 4.42 Å². The third kappa shape index (κ3) is 3.52. The third-order valence-electron chi connectivity index (χ3n) is 10.0. The van der Waals surface area contributed by atoms with Gasteiger partial charge in [0.25, 0.3) is 0 Å². The van der Waals surface area contributed by atoms with Gasteiger partial charge >= 0.3 is 0 Å². The molecule has 0 atom stereocenters. The van der Waals surface area contributed by atoms with Gasteiger partial charge in [-0.1, -0.05) is 105 Å². The number of anilines is 3. The van der Waals surface area contributed by atoms with E-state index >= 15 is 0 Å². The molecule has 0 N–H and O–H groups in total. The molecule has 1 aliphatic carbocycles. The standard InChI is InChI=1S/C43H29NOS/c1-43(2)34-13-6-3-11-31(34)42-35(43)14-9-15-36(42)44(28-21-22-30-29-10-5-8-17-39(29)46-40(30)25-28)27-20-18-26-19-23-38-41(33(26)24-27)32-12-4-7-16-37(32)45-38/h3-25H,1-2H3. The second-order valence-electron chi connectivity index (χ2n) is 12.9. The van der Waals surface area contributed by atoms with Crippen molar-refractivity contribution in [2.75, 3.05) is 4.90 Å². The van der Waals surface area contributed by atoms with Crippen molar-refractivity contribution in [1.82, 2.24) is 0 Å². The highest BCUT2D eigenvalue weighted by Gasteiger charge is 2.37. The number of nitrogens with zero attached hydrogens (tertiary/aromatic N) is 1. The summed E-state index contributed by atoms with van der Waals surface area (Å²) in [6.45, 7) is 4.71. The van der Waals surface area contributed by atoms with Crippen LogP contribution in [0.4, 0.5) is 17.1 Å². The maximum Gasteiger partial charge on any atom is 0.136 e. The maximum atomic E-state index is 6.32. The molecule has 9 aromatic rings. The Bertz CT molecular complexity index is 2690. The molecule has 0 fully saturated rings. The van der Waals surface area contributed by atoms with E-state index in [-0.39, 0.29) is 5.41 Å². The number of para-hydroxylation sites is 1. The highest BCUT2D eigenvalue weighted by atomic mass is 32.1. The smallest absolute Gasteiger partial charge is 0.136 e. The Morgan fingerprint density at radius 3 is 2.20 bits per heavy atom. The molecular formula is C43H29NOS. The Labute approximate surface area is 270 Å². The Morgan fingerprint density at radius 2 is 1.26 bits per heavy atom. The quantitative estimate of drug-likeness (QED) is 0.199. The number of thiophene rings is 1. The fraction of sp³-hybridized carbons (Fsp3) is 0.0698. The van der Waals surface area contributed by atoms with E-state index in [1.807, 2.05) is 17.4 Å². The summed E-state index contributed by atoms with van der Waals surface area (Å²) in [7, 11) is 0. The number of furan rings is 1. The average Bonchev–Trinajstić information content (AvgIpc) is 3.73. The van der Waals surface area contributed by atoms with Crippen molar-refractivity contribution in [3.8, 4) is 11.1 Å². The second-order valence-corrected chi connectivity index (χ2v) is 14.0. The fourth-order valence-corrected chi connectivity index (χ4v) is 9.01. The summed E-state index contributed by atoms with van der Waals surface area (Å²) in [6, 6.07) is 51.0. The third-order valence-corrected chi connectivity index (χ3v) is 11.2. The fourth-order valence-electron chi connectivity index (χ4n) is 7.87. The lowest BCUT2D eigenvalue weighted by Gasteiger charge is -2.29. The van der Waals surface area contributed by atoms with Crippen LogP contribution in [0.2, 0.25) is 0 Å². The lowest BCUT2D eigenvalue weighted by Crippen LogP contribution is -2.16. The molecule has 46 heavy (non-hydrogen) atoms. The van der Waals surface area contributed by atoms with Crippen LogP contribution in [0.25, 0.3) is 64.0 Å². The Hall–Kier alpha value is -5.38. The average molecular weight is 608 g/mol. The topological polar surface area (TPSA) is 16.4 Å². The van der Waals surface area contributed by atoms with Gasteiger partial charge in [0.2, 0.25) is 0 Å². The van der Waals surface area contributed by atoms with Crippen LogP contribution >= 0.6 is 11.3 Å². The number of hydrogen-bond acceptors (Lipinski definition) is 3. The largest absolute Gasteiger partial charge is 0.456 e. The molecule has 2 nitrogen and oxygen atoms in total. The highest BCUT2D eigenvalue weighted by Crippen LogP contribution is 2.54. The lowest BCUT2D eigenvalue weighted by atomic mass is 9.82. The van der Waals surface area contributed by atoms with Gasteiger partial charge in [-0.15, -0.1) is 11.3 Å². The van der Waals surface area contributed by atoms with Crippen molar-refractivity contribution < 1.29 is 4.42 Å². The number of benzene rings is 7. The minimum atomic E-state index is -0.0890.